The van der Waals surface area contributed by atoms with E-state index in [9.17, 15) is 12.8 Å². The van der Waals surface area contributed by atoms with Gasteiger partial charge in [0.05, 0.1) is 5.69 Å². The second-order valence-electron chi connectivity index (χ2n) is 5.56. The number of rotatable bonds is 5. The molecule has 0 unspecified atom stereocenters. The van der Waals surface area contributed by atoms with Gasteiger partial charge >= 0.3 is 0 Å². The molecule has 0 saturated carbocycles. The lowest BCUT2D eigenvalue weighted by Crippen LogP contribution is -2.30. The van der Waals surface area contributed by atoms with Crippen LogP contribution in [0.1, 0.15) is 18.5 Å². The standard InChI is InChI=1S/C17H17FN4O2S/c1-13(14-7-9-15(10-8-14)22-12-19-11-20-22)21(2)25(23,24)17-6-4-3-5-16(17)18/h3-13H,1-2H3/t13-/m0/s1. The van der Waals surface area contributed by atoms with Gasteiger partial charge in [-0.25, -0.2) is 22.5 Å². The monoisotopic (exact) mass is 360 g/mol. The van der Waals surface area contributed by atoms with E-state index in [-0.39, 0.29) is 4.90 Å². The molecule has 8 heteroatoms. The van der Waals surface area contributed by atoms with Gasteiger partial charge < -0.3 is 0 Å². The molecule has 2 aromatic carbocycles. The van der Waals surface area contributed by atoms with Gasteiger partial charge in [0.1, 0.15) is 23.4 Å². The number of nitrogens with zero attached hydrogens (tertiary/aromatic N) is 4. The molecule has 0 amide bonds. The molecule has 0 radical (unpaired) electrons. The zero-order valence-corrected chi connectivity index (χ0v) is 14.6. The molecular weight excluding hydrogens is 343 g/mol. The van der Waals surface area contributed by atoms with Crippen LogP contribution in [0.2, 0.25) is 0 Å². The lowest BCUT2D eigenvalue weighted by Gasteiger charge is -2.25. The number of benzene rings is 2. The Balaban J connectivity index is 1.87. The van der Waals surface area contributed by atoms with E-state index >= 15 is 0 Å². The van der Waals surface area contributed by atoms with Crippen molar-refractivity contribution in [3.05, 3.63) is 72.6 Å². The molecule has 1 aromatic heterocycles. The van der Waals surface area contributed by atoms with Crippen LogP contribution in [-0.4, -0.2) is 34.5 Å². The Labute approximate surface area is 145 Å². The SMILES string of the molecule is C[C@@H](c1ccc(-n2cncn2)cc1)N(C)S(=O)(=O)c1ccccc1F. The van der Waals surface area contributed by atoms with Crippen molar-refractivity contribution in [1.29, 1.82) is 0 Å². The van der Waals surface area contributed by atoms with Gasteiger partial charge in [-0.3, -0.25) is 0 Å². The molecule has 0 bridgehead atoms. The predicted molar refractivity (Wildman–Crippen MR) is 91.1 cm³/mol. The summed E-state index contributed by atoms with van der Waals surface area (Å²) in [7, 11) is -2.50. The predicted octanol–water partition coefficient (Wildman–Crippen LogP) is 2.79. The summed E-state index contributed by atoms with van der Waals surface area (Å²) in [5.41, 5.74) is 1.60. The maximum absolute atomic E-state index is 13.9. The largest absolute Gasteiger partial charge is 0.246 e. The maximum atomic E-state index is 13.9. The highest BCUT2D eigenvalue weighted by Crippen LogP contribution is 2.27. The first kappa shape index (κ1) is 17.2. The van der Waals surface area contributed by atoms with Crippen molar-refractivity contribution in [2.45, 2.75) is 17.9 Å². The third kappa shape index (κ3) is 3.31. The van der Waals surface area contributed by atoms with Gasteiger partial charge in [0.15, 0.2) is 0 Å². The lowest BCUT2D eigenvalue weighted by atomic mass is 10.1. The molecule has 3 rings (SSSR count). The molecule has 1 atom stereocenters. The fourth-order valence-corrected chi connectivity index (χ4v) is 3.89. The number of aromatic nitrogens is 3. The summed E-state index contributed by atoms with van der Waals surface area (Å²) in [4.78, 5) is 3.56. The van der Waals surface area contributed by atoms with Crippen LogP contribution in [0, 0.1) is 5.82 Å². The zero-order valence-electron chi connectivity index (χ0n) is 13.7. The lowest BCUT2D eigenvalue weighted by molar-refractivity contribution is 0.395. The Bertz CT molecular complexity index is 957. The van der Waals surface area contributed by atoms with Crippen LogP contribution in [0.25, 0.3) is 5.69 Å². The Morgan fingerprint density at radius 2 is 1.80 bits per heavy atom. The average Bonchev–Trinajstić information content (AvgIpc) is 3.15. The maximum Gasteiger partial charge on any atom is 0.246 e. The van der Waals surface area contributed by atoms with Gasteiger partial charge in [0, 0.05) is 13.1 Å². The van der Waals surface area contributed by atoms with E-state index < -0.39 is 21.9 Å². The highest BCUT2D eigenvalue weighted by atomic mass is 32.2. The highest BCUT2D eigenvalue weighted by molar-refractivity contribution is 7.89. The van der Waals surface area contributed by atoms with E-state index in [1.54, 1.807) is 17.9 Å². The first-order valence-corrected chi connectivity index (χ1v) is 9.03. The van der Waals surface area contributed by atoms with Crippen LogP contribution >= 0.6 is 0 Å². The van der Waals surface area contributed by atoms with Gasteiger partial charge in [-0.15, -0.1) is 0 Å². The molecule has 0 spiro atoms. The quantitative estimate of drug-likeness (QED) is 0.702. The summed E-state index contributed by atoms with van der Waals surface area (Å²) in [6.45, 7) is 1.75. The first-order valence-electron chi connectivity index (χ1n) is 7.59. The molecule has 25 heavy (non-hydrogen) atoms. The number of sulfonamides is 1. The molecular formula is C17H17FN4O2S. The van der Waals surface area contributed by atoms with Crippen molar-refractivity contribution >= 4 is 10.0 Å². The summed E-state index contributed by atoms with van der Waals surface area (Å²) in [5.74, 6) is -0.761. The summed E-state index contributed by atoms with van der Waals surface area (Å²) in [5, 5.41) is 4.04. The molecule has 0 aliphatic rings. The third-order valence-electron chi connectivity index (χ3n) is 4.10. The van der Waals surface area contributed by atoms with Crippen molar-refractivity contribution in [2.24, 2.45) is 0 Å². The van der Waals surface area contributed by atoms with Gasteiger partial charge in [-0.2, -0.15) is 9.40 Å². The normalized spacial score (nSPS) is 13.1. The molecule has 130 valence electrons. The Hall–Kier alpha value is -2.58. The van der Waals surface area contributed by atoms with Crippen molar-refractivity contribution in [2.75, 3.05) is 7.05 Å². The van der Waals surface area contributed by atoms with E-state index in [0.717, 1.165) is 21.6 Å². The van der Waals surface area contributed by atoms with Crippen molar-refractivity contribution in [1.82, 2.24) is 19.1 Å². The fourth-order valence-electron chi connectivity index (χ4n) is 2.47. The Morgan fingerprint density at radius 1 is 1.12 bits per heavy atom. The molecule has 0 N–H and O–H groups in total. The van der Waals surface area contributed by atoms with E-state index in [1.165, 1.54) is 31.6 Å². The van der Waals surface area contributed by atoms with Gasteiger partial charge in [0.25, 0.3) is 0 Å². The van der Waals surface area contributed by atoms with Crippen molar-refractivity contribution in [3.8, 4) is 5.69 Å². The van der Waals surface area contributed by atoms with Gasteiger partial charge in [-0.1, -0.05) is 24.3 Å². The Morgan fingerprint density at radius 3 is 2.40 bits per heavy atom. The topological polar surface area (TPSA) is 68.1 Å². The number of halogens is 1. The molecule has 1 heterocycles. The average molecular weight is 360 g/mol. The van der Waals surface area contributed by atoms with Crippen LogP contribution < -0.4 is 0 Å². The van der Waals surface area contributed by atoms with E-state index in [4.69, 9.17) is 0 Å². The zero-order chi connectivity index (χ0) is 18.0. The summed E-state index contributed by atoms with van der Waals surface area (Å²) >= 11 is 0. The van der Waals surface area contributed by atoms with E-state index in [2.05, 4.69) is 10.1 Å². The van der Waals surface area contributed by atoms with Crippen LogP contribution in [-0.2, 0) is 10.0 Å². The summed E-state index contributed by atoms with van der Waals surface area (Å²) < 4.78 is 42.0. The van der Waals surface area contributed by atoms with Crippen LogP contribution in [0.3, 0.4) is 0 Å². The molecule has 3 aromatic rings. The minimum atomic E-state index is -3.94. The van der Waals surface area contributed by atoms with Crippen LogP contribution in [0.5, 0.6) is 0 Å². The minimum Gasteiger partial charge on any atom is -0.223 e. The van der Waals surface area contributed by atoms with Crippen LogP contribution in [0.4, 0.5) is 4.39 Å². The fraction of sp³-hybridized carbons (Fsp3) is 0.176. The highest BCUT2D eigenvalue weighted by Gasteiger charge is 2.28. The smallest absolute Gasteiger partial charge is 0.223 e. The third-order valence-corrected chi connectivity index (χ3v) is 6.06. The summed E-state index contributed by atoms with van der Waals surface area (Å²) in [6, 6.07) is 12.2. The Kier molecular flexibility index (Phi) is 4.65. The summed E-state index contributed by atoms with van der Waals surface area (Å²) in [6.07, 6.45) is 3.01. The second kappa shape index (κ2) is 6.73. The van der Waals surface area contributed by atoms with Gasteiger partial charge in [0.2, 0.25) is 10.0 Å². The molecule has 6 nitrogen and oxygen atoms in total. The molecule has 0 saturated heterocycles. The number of hydrogen-bond acceptors (Lipinski definition) is 4. The van der Waals surface area contributed by atoms with E-state index in [0.29, 0.717) is 0 Å². The van der Waals surface area contributed by atoms with Crippen LogP contribution in [0.15, 0.2) is 66.1 Å². The molecule has 0 aliphatic carbocycles. The minimum absolute atomic E-state index is 0.330. The van der Waals surface area contributed by atoms with Crippen molar-refractivity contribution < 1.29 is 12.8 Å². The molecule has 0 aliphatic heterocycles. The van der Waals surface area contributed by atoms with Crippen molar-refractivity contribution in [3.63, 3.8) is 0 Å². The van der Waals surface area contributed by atoms with E-state index in [1.807, 2.05) is 24.3 Å². The second-order valence-corrected chi connectivity index (χ2v) is 7.53. The number of hydrogen-bond donors (Lipinski definition) is 0. The van der Waals surface area contributed by atoms with Gasteiger partial charge in [-0.05, 0) is 36.8 Å². The molecule has 0 fully saturated rings. The first-order chi connectivity index (χ1) is 11.9.